The number of carbonyl (C=O) groups excluding carboxylic acids is 1. The van der Waals surface area contributed by atoms with E-state index in [4.69, 9.17) is 21.7 Å². The van der Waals surface area contributed by atoms with Crippen molar-refractivity contribution in [2.75, 3.05) is 38.1 Å². The Balaban J connectivity index is 1.75. The fourth-order valence-corrected chi connectivity index (χ4v) is 5.02. The minimum Gasteiger partial charge on any atom is -0.486 e. The lowest BCUT2D eigenvalue weighted by molar-refractivity contribution is -0.128. The number of nitrogens with one attached hydrogen (secondary N) is 2. The van der Waals surface area contributed by atoms with E-state index in [0.717, 1.165) is 12.1 Å². The number of aliphatic hydroxyl groups excluding tert-OH is 1. The Bertz CT molecular complexity index is 1190. The number of ether oxygens (including phenoxy) is 1. The van der Waals surface area contributed by atoms with Crippen molar-refractivity contribution in [2.45, 2.75) is 31.9 Å². The molecule has 0 spiro atoms. The van der Waals surface area contributed by atoms with Crippen LogP contribution in [-0.4, -0.2) is 71.6 Å². The molecule has 2 atom stereocenters. The molecule has 7 nitrogen and oxygen atoms in total. The molecule has 0 unspecified atom stereocenters. The SMILES string of the molecule is C=CC(=O)N1CCN(C(=N)c2cc(Cl)c(-c3ccc(F)cc3F)c3c2NC[C@@H](CCCO)O3)[C@@H](C)C1. The molecular formula is C26H29ClF2N4O3. The van der Waals surface area contributed by atoms with E-state index < -0.39 is 11.6 Å². The molecule has 192 valence electrons. The average Bonchev–Trinajstić information content (AvgIpc) is 2.86. The summed E-state index contributed by atoms with van der Waals surface area (Å²) in [5.74, 6) is -1.15. The molecule has 4 rings (SSSR count). The van der Waals surface area contributed by atoms with E-state index >= 15 is 0 Å². The first-order valence-corrected chi connectivity index (χ1v) is 12.2. The molecule has 0 radical (unpaired) electrons. The second-order valence-corrected chi connectivity index (χ2v) is 9.38. The van der Waals surface area contributed by atoms with E-state index in [2.05, 4.69) is 11.9 Å². The monoisotopic (exact) mass is 518 g/mol. The van der Waals surface area contributed by atoms with E-state index in [1.165, 1.54) is 12.1 Å². The molecule has 2 aliphatic heterocycles. The van der Waals surface area contributed by atoms with E-state index in [-0.39, 0.29) is 52.4 Å². The van der Waals surface area contributed by atoms with Crippen LogP contribution in [-0.2, 0) is 4.79 Å². The first kappa shape index (κ1) is 25.9. The minimum absolute atomic E-state index is 0.00975. The van der Waals surface area contributed by atoms with E-state index in [0.29, 0.717) is 50.3 Å². The number of anilines is 1. The van der Waals surface area contributed by atoms with Gasteiger partial charge >= 0.3 is 0 Å². The van der Waals surface area contributed by atoms with Gasteiger partial charge in [0.1, 0.15) is 23.6 Å². The molecule has 3 N–H and O–H groups in total. The lowest BCUT2D eigenvalue weighted by Crippen LogP contribution is -2.55. The Hall–Kier alpha value is -3.17. The number of benzene rings is 2. The van der Waals surface area contributed by atoms with Crippen LogP contribution in [0.4, 0.5) is 14.5 Å². The topological polar surface area (TPSA) is 88.9 Å². The Morgan fingerprint density at radius 2 is 2.14 bits per heavy atom. The molecule has 1 fully saturated rings. The summed E-state index contributed by atoms with van der Waals surface area (Å²) < 4.78 is 34.7. The molecule has 0 bridgehead atoms. The number of nitrogens with zero attached hydrogens (tertiary/aromatic N) is 2. The van der Waals surface area contributed by atoms with Crippen molar-refractivity contribution in [1.29, 1.82) is 5.41 Å². The molecule has 0 aromatic heterocycles. The molecular weight excluding hydrogens is 490 g/mol. The normalized spacial score (nSPS) is 19.2. The van der Waals surface area contributed by atoms with Crippen LogP contribution in [0.15, 0.2) is 36.9 Å². The van der Waals surface area contributed by atoms with E-state index in [9.17, 15) is 18.7 Å². The highest BCUT2D eigenvalue weighted by atomic mass is 35.5. The smallest absolute Gasteiger partial charge is 0.246 e. The third-order valence-electron chi connectivity index (χ3n) is 6.57. The Labute approximate surface area is 213 Å². The van der Waals surface area contributed by atoms with Gasteiger partial charge in [-0.15, -0.1) is 0 Å². The maximum absolute atomic E-state index is 14.8. The highest BCUT2D eigenvalue weighted by molar-refractivity contribution is 6.34. The van der Waals surface area contributed by atoms with Crippen LogP contribution in [0.5, 0.6) is 5.75 Å². The summed E-state index contributed by atoms with van der Waals surface area (Å²) in [7, 11) is 0. The summed E-state index contributed by atoms with van der Waals surface area (Å²) in [4.78, 5) is 15.6. The number of halogens is 3. The van der Waals surface area contributed by atoms with Gasteiger partial charge < -0.3 is 25.0 Å². The van der Waals surface area contributed by atoms with Crippen molar-refractivity contribution in [1.82, 2.24) is 9.80 Å². The van der Waals surface area contributed by atoms with Gasteiger partial charge in [-0.1, -0.05) is 18.2 Å². The molecule has 0 aliphatic carbocycles. The third-order valence-corrected chi connectivity index (χ3v) is 6.86. The van der Waals surface area contributed by atoms with Crippen LogP contribution in [0, 0.1) is 17.0 Å². The van der Waals surface area contributed by atoms with Gasteiger partial charge in [0.05, 0.1) is 17.3 Å². The van der Waals surface area contributed by atoms with Gasteiger partial charge in [0, 0.05) is 55.0 Å². The van der Waals surface area contributed by atoms with Gasteiger partial charge in [0.15, 0.2) is 5.75 Å². The second-order valence-electron chi connectivity index (χ2n) is 8.98. The Morgan fingerprint density at radius 3 is 2.81 bits per heavy atom. The number of rotatable bonds is 6. The summed E-state index contributed by atoms with van der Waals surface area (Å²) >= 11 is 6.68. The maximum atomic E-state index is 14.8. The molecule has 0 saturated carbocycles. The number of amides is 1. The predicted octanol–water partition coefficient (Wildman–Crippen LogP) is 4.27. The van der Waals surface area contributed by atoms with Gasteiger partial charge in [0.25, 0.3) is 0 Å². The number of carbonyl (C=O) groups is 1. The zero-order chi connectivity index (χ0) is 26.0. The zero-order valence-corrected chi connectivity index (χ0v) is 20.7. The Kier molecular flexibility index (Phi) is 7.80. The van der Waals surface area contributed by atoms with Gasteiger partial charge in [-0.05, 0) is 44.0 Å². The Morgan fingerprint density at radius 1 is 1.36 bits per heavy atom. The van der Waals surface area contributed by atoms with Crippen molar-refractivity contribution < 1.29 is 23.4 Å². The van der Waals surface area contributed by atoms with Gasteiger partial charge in [-0.3, -0.25) is 10.2 Å². The van der Waals surface area contributed by atoms with Crippen LogP contribution in [0.1, 0.15) is 25.3 Å². The van der Waals surface area contributed by atoms with E-state index in [1.807, 2.05) is 11.8 Å². The second kappa shape index (κ2) is 10.8. The quantitative estimate of drug-likeness (QED) is 0.302. The van der Waals surface area contributed by atoms with Crippen LogP contribution in [0.3, 0.4) is 0 Å². The maximum Gasteiger partial charge on any atom is 0.246 e. The first-order valence-electron chi connectivity index (χ1n) is 11.8. The van der Waals surface area contributed by atoms with Crippen molar-refractivity contribution in [3.05, 3.63) is 59.1 Å². The number of piperazine rings is 1. The summed E-state index contributed by atoms with van der Waals surface area (Å²) in [6, 6.07) is 4.72. The fraction of sp³-hybridized carbons (Fsp3) is 0.385. The number of hydrogen-bond donors (Lipinski definition) is 3. The van der Waals surface area contributed by atoms with E-state index in [1.54, 1.807) is 11.0 Å². The van der Waals surface area contributed by atoms with Crippen molar-refractivity contribution in [2.24, 2.45) is 0 Å². The number of hydrogen-bond acceptors (Lipinski definition) is 5. The lowest BCUT2D eigenvalue weighted by Gasteiger charge is -2.41. The summed E-state index contributed by atoms with van der Waals surface area (Å²) in [5.41, 5.74) is 1.35. The molecule has 36 heavy (non-hydrogen) atoms. The molecule has 2 heterocycles. The predicted molar refractivity (Wildman–Crippen MR) is 136 cm³/mol. The van der Waals surface area contributed by atoms with Crippen LogP contribution in [0.2, 0.25) is 5.02 Å². The highest BCUT2D eigenvalue weighted by Crippen LogP contribution is 2.47. The van der Waals surface area contributed by atoms with Crippen molar-refractivity contribution in [3.63, 3.8) is 0 Å². The highest BCUT2D eigenvalue weighted by Gasteiger charge is 2.33. The fourth-order valence-electron chi connectivity index (χ4n) is 4.73. The zero-order valence-electron chi connectivity index (χ0n) is 20.0. The van der Waals surface area contributed by atoms with Crippen molar-refractivity contribution >= 4 is 29.0 Å². The molecule has 1 amide bonds. The largest absolute Gasteiger partial charge is 0.486 e. The van der Waals surface area contributed by atoms with Crippen LogP contribution < -0.4 is 10.1 Å². The summed E-state index contributed by atoms with van der Waals surface area (Å²) in [5, 5.41) is 21.7. The van der Waals surface area contributed by atoms with Gasteiger partial charge in [0.2, 0.25) is 5.91 Å². The lowest BCUT2D eigenvalue weighted by atomic mass is 9.96. The molecule has 2 aliphatic rings. The molecule has 1 saturated heterocycles. The van der Waals surface area contributed by atoms with Crippen molar-refractivity contribution in [3.8, 4) is 16.9 Å². The molecule has 2 aromatic rings. The van der Waals surface area contributed by atoms with Gasteiger partial charge in [-0.25, -0.2) is 8.78 Å². The average molecular weight is 519 g/mol. The summed E-state index contributed by atoms with van der Waals surface area (Å²) in [6.45, 7) is 7.24. The van der Waals surface area contributed by atoms with Crippen LogP contribution >= 0.6 is 11.6 Å². The third kappa shape index (κ3) is 5.03. The molecule has 2 aromatic carbocycles. The number of fused-ring (bicyclic) bond motifs is 1. The molecule has 10 heteroatoms. The van der Waals surface area contributed by atoms with Gasteiger partial charge in [-0.2, -0.15) is 0 Å². The number of amidine groups is 1. The number of aliphatic hydroxyl groups is 1. The summed E-state index contributed by atoms with van der Waals surface area (Å²) in [6.07, 6.45) is 2.06. The minimum atomic E-state index is -0.778. The van der Waals surface area contributed by atoms with Crippen LogP contribution in [0.25, 0.3) is 11.1 Å². The first-order chi connectivity index (χ1) is 17.2. The standard InChI is InChI=1S/C26H29ClF2N4O3/c1-3-22(35)32-8-9-33(15(2)14-32)26(30)19-12-20(27)23(18-7-6-16(28)11-21(18)29)25-24(19)31-13-17(36-25)5-4-10-34/h3,6-7,11-12,15,17,30-31,34H,1,4-5,8-10,13-14H2,2H3/t15-,17+/m0/s1.